The van der Waals surface area contributed by atoms with Gasteiger partial charge in [0.05, 0.1) is 6.61 Å². The van der Waals surface area contributed by atoms with Gasteiger partial charge in [-0.3, -0.25) is 9.89 Å². The van der Waals surface area contributed by atoms with Gasteiger partial charge in [-0.2, -0.15) is 5.10 Å². The van der Waals surface area contributed by atoms with Gasteiger partial charge < -0.3 is 14.6 Å². The van der Waals surface area contributed by atoms with Crippen LogP contribution in [0.2, 0.25) is 0 Å². The first-order valence-electron chi connectivity index (χ1n) is 6.08. The molecule has 0 aromatic carbocycles. The van der Waals surface area contributed by atoms with Gasteiger partial charge in [0.1, 0.15) is 17.8 Å². The molecule has 2 rings (SSSR count). The van der Waals surface area contributed by atoms with Crippen molar-refractivity contribution in [1.82, 2.24) is 25.1 Å². The molecule has 2 N–H and O–H groups in total. The molecule has 2 aromatic heterocycles. The fraction of sp³-hybridized carbons (Fsp3) is 0.417. The number of carbonyl (C=O) groups excluding carboxylic acids is 1. The number of ether oxygens (including phenoxy) is 1. The minimum Gasteiger partial charge on any atom is -0.383 e. The zero-order valence-electron chi connectivity index (χ0n) is 10.8. The molecule has 2 heterocycles. The summed E-state index contributed by atoms with van der Waals surface area (Å²) < 4.78 is 6.88. The number of aromatic nitrogens is 4. The lowest BCUT2D eigenvalue weighted by Gasteiger charge is -2.08. The average molecular weight is 263 g/mol. The van der Waals surface area contributed by atoms with Gasteiger partial charge >= 0.3 is 0 Å². The third-order valence-corrected chi connectivity index (χ3v) is 2.71. The topological polar surface area (TPSA) is 84.8 Å². The standard InChI is InChI=1S/C12H17N5O2/c1-19-8-7-17-6-2-3-10(17)12(18)13-5-4-11-14-9-15-16-11/h2-3,6,9H,4-5,7-8H2,1H3,(H,13,18)(H,14,15,16). The Morgan fingerprint density at radius 1 is 1.58 bits per heavy atom. The Morgan fingerprint density at radius 2 is 2.47 bits per heavy atom. The Labute approximate surface area is 111 Å². The average Bonchev–Trinajstić information content (AvgIpc) is 3.07. The highest BCUT2D eigenvalue weighted by atomic mass is 16.5. The van der Waals surface area contributed by atoms with Crippen LogP contribution in [0.25, 0.3) is 0 Å². The number of hydrogen-bond donors (Lipinski definition) is 2. The molecule has 0 unspecified atom stereocenters. The summed E-state index contributed by atoms with van der Waals surface area (Å²) in [6.07, 6.45) is 3.95. The van der Waals surface area contributed by atoms with E-state index >= 15 is 0 Å². The van der Waals surface area contributed by atoms with E-state index in [9.17, 15) is 4.79 Å². The molecule has 0 radical (unpaired) electrons. The van der Waals surface area contributed by atoms with E-state index in [2.05, 4.69) is 20.5 Å². The number of carbonyl (C=O) groups is 1. The zero-order valence-corrected chi connectivity index (χ0v) is 10.8. The van der Waals surface area contributed by atoms with Crippen LogP contribution >= 0.6 is 0 Å². The van der Waals surface area contributed by atoms with E-state index in [0.717, 1.165) is 5.82 Å². The molecule has 0 aliphatic carbocycles. The summed E-state index contributed by atoms with van der Waals surface area (Å²) >= 11 is 0. The Kier molecular flexibility index (Phi) is 4.68. The summed E-state index contributed by atoms with van der Waals surface area (Å²) in [4.78, 5) is 16.0. The number of rotatable bonds is 7. The molecule has 7 heteroatoms. The van der Waals surface area contributed by atoms with Crippen molar-refractivity contribution < 1.29 is 9.53 Å². The van der Waals surface area contributed by atoms with Gasteiger partial charge in [-0.25, -0.2) is 4.98 Å². The van der Waals surface area contributed by atoms with Gasteiger partial charge in [-0.05, 0) is 12.1 Å². The molecule has 19 heavy (non-hydrogen) atoms. The van der Waals surface area contributed by atoms with Crippen molar-refractivity contribution in [2.24, 2.45) is 0 Å². The Balaban J connectivity index is 1.84. The molecule has 0 bridgehead atoms. The second-order valence-corrected chi connectivity index (χ2v) is 4.02. The minimum absolute atomic E-state index is 0.0966. The van der Waals surface area contributed by atoms with Crippen molar-refractivity contribution in [3.8, 4) is 0 Å². The number of nitrogens with one attached hydrogen (secondary N) is 2. The number of hydrogen-bond acceptors (Lipinski definition) is 4. The van der Waals surface area contributed by atoms with Crippen LogP contribution in [0, 0.1) is 0 Å². The van der Waals surface area contributed by atoms with Crippen molar-refractivity contribution >= 4 is 5.91 Å². The molecule has 2 aromatic rings. The maximum absolute atomic E-state index is 12.0. The molecule has 7 nitrogen and oxygen atoms in total. The number of amides is 1. The van der Waals surface area contributed by atoms with Crippen molar-refractivity contribution in [1.29, 1.82) is 0 Å². The maximum atomic E-state index is 12.0. The Bertz CT molecular complexity index is 506. The fourth-order valence-electron chi connectivity index (χ4n) is 1.74. The quantitative estimate of drug-likeness (QED) is 0.748. The summed E-state index contributed by atoms with van der Waals surface area (Å²) in [5, 5.41) is 9.35. The highest BCUT2D eigenvalue weighted by Crippen LogP contribution is 2.02. The van der Waals surface area contributed by atoms with Crippen LogP contribution < -0.4 is 5.32 Å². The normalized spacial score (nSPS) is 10.6. The first-order valence-corrected chi connectivity index (χ1v) is 6.08. The molecular weight excluding hydrogens is 246 g/mol. The van der Waals surface area contributed by atoms with Crippen molar-refractivity contribution in [3.05, 3.63) is 36.2 Å². The van der Waals surface area contributed by atoms with Gasteiger partial charge in [0, 0.05) is 32.8 Å². The van der Waals surface area contributed by atoms with Crippen LogP contribution in [-0.4, -0.2) is 45.9 Å². The molecular formula is C12H17N5O2. The lowest BCUT2D eigenvalue weighted by atomic mass is 10.3. The molecule has 0 atom stereocenters. The molecule has 0 saturated heterocycles. The van der Waals surface area contributed by atoms with Gasteiger partial charge in [0.2, 0.25) is 0 Å². The lowest BCUT2D eigenvalue weighted by molar-refractivity contribution is 0.0942. The van der Waals surface area contributed by atoms with E-state index in [1.165, 1.54) is 6.33 Å². The molecule has 0 spiro atoms. The Hall–Kier alpha value is -2.15. The molecule has 0 fully saturated rings. The van der Waals surface area contributed by atoms with E-state index in [-0.39, 0.29) is 5.91 Å². The predicted octanol–water partition coefficient (Wildman–Crippen LogP) is 0.225. The second kappa shape index (κ2) is 6.69. The van der Waals surface area contributed by atoms with E-state index in [1.54, 1.807) is 13.2 Å². The monoisotopic (exact) mass is 263 g/mol. The van der Waals surface area contributed by atoms with Crippen molar-refractivity contribution in [2.45, 2.75) is 13.0 Å². The highest BCUT2D eigenvalue weighted by Gasteiger charge is 2.10. The van der Waals surface area contributed by atoms with Gasteiger partial charge in [-0.15, -0.1) is 0 Å². The van der Waals surface area contributed by atoms with Crippen LogP contribution in [-0.2, 0) is 17.7 Å². The summed E-state index contributed by atoms with van der Waals surface area (Å²) in [5.41, 5.74) is 0.634. The molecule has 0 saturated carbocycles. The molecule has 0 aliphatic rings. The minimum atomic E-state index is -0.0966. The highest BCUT2D eigenvalue weighted by molar-refractivity contribution is 5.92. The number of H-pyrrole nitrogens is 1. The number of methoxy groups -OCH3 is 1. The first kappa shape index (κ1) is 13.3. The summed E-state index contributed by atoms with van der Waals surface area (Å²) in [6.45, 7) is 1.75. The van der Waals surface area contributed by atoms with Crippen LogP contribution in [0.5, 0.6) is 0 Å². The largest absolute Gasteiger partial charge is 0.383 e. The van der Waals surface area contributed by atoms with Gasteiger partial charge in [-0.1, -0.05) is 0 Å². The smallest absolute Gasteiger partial charge is 0.267 e. The van der Waals surface area contributed by atoms with Crippen molar-refractivity contribution in [3.63, 3.8) is 0 Å². The number of nitrogens with zero attached hydrogens (tertiary/aromatic N) is 3. The zero-order chi connectivity index (χ0) is 13.5. The molecule has 102 valence electrons. The summed E-state index contributed by atoms with van der Waals surface area (Å²) in [5.74, 6) is 0.663. The molecule has 0 aliphatic heterocycles. The fourth-order valence-corrected chi connectivity index (χ4v) is 1.74. The van der Waals surface area contributed by atoms with Crippen LogP contribution in [0.4, 0.5) is 0 Å². The second-order valence-electron chi connectivity index (χ2n) is 4.02. The first-order chi connectivity index (χ1) is 9.31. The summed E-state index contributed by atoms with van der Waals surface area (Å²) in [6, 6.07) is 3.64. The third kappa shape index (κ3) is 3.65. The lowest BCUT2D eigenvalue weighted by Crippen LogP contribution is -2.28. The van der Waals surface area contributed by atoms with E-state index in [0.29, 0.717) is 31.8 Å². The van der Waals surface area contributed by atoms with Gasteiger partial charge in [0.25, 0.3) is 5.91 Å². The van der Waals surface area contributed by atoms with Crippen LogP contribution in [0.15, 0.2) is 24.7 Å². The van der Waals surface area contributed by atoms with E-state index in [1.807, 2.05) is 16.8 Å². The van der Waals surface area contributed by atoms with Crippen LogP contribution in [0.1, 0.15) is 16.3 Å². The SMILES string of the molecule is COCCn1cccc1C(=O)NCCc1ncn[nH]1. The third-order valence-electron chi connectivity index (χ3n) is 2.71. The van der Waals surface area contributed by atoms with E-state index < -0.39 is 0 Å². The van der Waals surface area contributed by atoms with Gasteiger partial charge in [0.15, 0.2) is 0 Å². The molecule has 1 amide bonds. The van der Waals surface area contributed by atoms with Crippen molar-refractivity contribution in [2.75, 3.05) is 20.3 Å². The Morgan fingerprint density at radius 3 is 3.21 bits per heavy atom. The predicted molar refractivity (Wildman–Crippen MR) is 68.7 cm³/mol. The number of aromatic amines is 1. The van der Waals surface area contributed by atoms with E-state index in [4.69, 9.17) is 4.74 Å². The summed E-state index contributed by atoms with van der Waals surface area (Å²) in [7, 11) is 1.64. The maximum Gasteiger partial charge on any atom is 0.267 e. The van der Waals surface area contributed by atoms with Crippen LogP contribution in [0.3, 0.4) is 0 Å².